The van der Waals surface area contributed by atoms with E-state index in [1.807, 2.05) is 37.3 Å². The van der Waals surface area contributed by atoms with Gasteiger partial charge in [-0.15, -0.1) is 0 Å². The summed E-state index contributed by atoms with van der Waals surface area (Å²) < 4.78 is 0. The monoisotopic (exact) mass is 303 g/mol. The van der Waals surface area contributed by atoms with E-state index in [9.17, 15) is 14.4 Å². The minimum absolute atomic E-state index is 0.0146. The maximum absolute atomic E-state index is 12.8. The summed E-state index contributed by atoms with van der Waals surface area (Å²) in [6.07, 6.45) is 2.23. The molecule has 0 radical (unpaired) electrons. The number of nitrogens with one attached hydrogen (secondary N) is 1. The molecule has 0 aliphatic carbocycles. The number of benzene rings is 1. The zero-order valence-electron chi connectivity index (χ0n) is 12.7. The van der Waals surface area contributed by atoms with Crippen LogP contribution in [0.5, 0.6) is 0 Å². The molecule has 1 aromatic carbocycles. The second kappa shape index (κ2) is 6.60. The molecular formula is C16H21N3O3. The standard InChI is InChI=1S/C16H21N3O3/c1-2-3-10-16(12-7-5-4-6-8-12)14(21)19(15(22)18-16)11-9-13(17)20/h4-8H,2-3,9-11H2,1H3,(H2,17,20)(H,18,22). The molecule has 1 heterocycles. The highest BCUT2D eigenvalue weighted by molar-refractivity contribution is 6.07. The lowest BCUT2D eigenvalue weighted by Gasteiger charge is -2.27. The minimum Gasteiger partial charge on any atom is -0.370 e. The number of hydrogen-bond donors (Lipinski definition) is 2. The van der Waals surface area contributed by atoms with Gasteiger partial charge in [-0.2, -0.15) is 0 Å². The number of urea groups is 1. The average molecular weight is 303 g/mol. The summed E-state index contributed by atoms with van der Waals surface area (Å²) in [5.74, 6) is -0.843. The van der Waals surface area contributed by atoms with Crippen molar-refractivity contribution in [3.05, 3.63) is 35.9 Å². The molecule has 22 heavy (non-hydrogen) atoms. The molecule has 0 bridgehead atoms. The van der Waals surface area contributed by atoms with Crippen molar-refractivity contribution in [2.45, 2.75) is 38.1 Å². The van der Waals surface area contributed by atoms with Gasteiger partial charge in [0, 0.05) is 13.0 Å². The maximum Gasteiger partial charge on any atom is 0.325 e. The second-order valence-electron chi connectivity index (χ2n) is 5.48. The summed E-state index contributed by atoms with van der Waals surface area (Å²) in [6.45, 7) is 2.05. The molecule has 1 unspecified atom stereocenters. The molecule has 0 aromatic heterocycles. The van der Waals surface area contributed by atoms with Crippen LogP contribution in [0.15, 0.2) is 30.3 Å². The van der Waals surface area contributed by atoms with E-state index in [4.69, 9.17) is 5.73 Å². The summed E-state index contributed by atoms with van der Waals surface area (Å²) in [5.41, 5.74) is 4.84. The predicted molar refractivity (Wildman–Crippen MR) is 81.7 cm³/mol. The fraction of sp³-hybridized carbons (Fsp3) is 0.438. The topological polar surface area (TPSA) is 92.5 Å². The van der Waals surface area contributed by atoms with E-state index in [1.54, 1.807) is 0 Å². The first-order valence-electron chi connectivity index (χ1n) is 7.49. The highest BCUT2D eigenvalue weighted by Crippen LogP contribution is 2.34. The summed E-state index contributed by atoms with van der Waals surface area (Å²) in [6, 6.07) is 8.76. The quantitative estimate of drug-likeness (QED) is 0.748. The summed E-state index contributed by atoms with van der Waals surface area (Å²) >= 11 is 0. The molecule has 0 spiro atoms. The normalized spacial score (nSPS) is 21.0. The van der Waals surface area contributed by atoms with Crippen LogP contribution in [0, 0.1) is 0 Å². The van der Waals surface area contributed by atoms with Gasteiger partial charge in [-0.1, -0.05) is 50.1 Å². The van der Waals surface area contributed by atoms with Crippen LogP contribution in [-0.4, -0.2) is 29.3 Å². The van der Waals surface area contributed by atoms with Crippen molar-refractivity contribution in [2.24, 2.45) is 5.73 Å². The lowest BCUT2D eigenvalue weighted by Crippen LogP contribution is -2.44. The van der Waals surface area contributed by atoms with Crippen molar-refractivity contribution in [1.29, 1.82) is 0 Å². The molecule has 1 aromatic rings. The number of primary amides is 1. The number of amides is 4. The fourth-order valence-electron chi connectivity index (χ4n) is 2.73. The lowest BCUT2D eigenvalue weighted by molar-refractivity contribution is -0.132. The first kappa shape index (κ1) is 16.0. The molecule has 0 saturated carbocycles. The number of rotatable bonds is 7. The Morgan fingerprint density at radius 2 is 1.95 bits per heavy atom. The molecule has 1 saturated heterocycles. The van der Waals surface area contributed by atoms with Gasteiger partial charge in [-0.05, 0) is 12.0 Å². The number of hydrogen-bond acceptors (Lipinski definition) is 3. The number of imide groups is 1. The van der Waals surface area contributed by atoms with Crippen LogP contribution in [0.3, 0.4) is 0 Å². The van der Waals surface area contributed by atoms with Crippen molar-refractivity contribution in [1.82, 2.24) is 10.2 Å². The van der Waals surface area contributed by atoms with Gasteiger partial charge < -0.3 is 11.1 Å². The van der Waals surface area contributed by atoms with Crippen LogP contribution in [0.1, 0.15) is 38.2 Å². The van der Waals surface area contributed by atoms with Gasteiger partial charge in [0.1, 0.15) is 5.54 Å². The third-order valence-corrected chi connectivity index (χ3v) is 3.93. The molecule has 6 heteroatoms. The van der Waals surface area contributed by atoms with Gasteiger partial charge in [0.2, 0.25) is 5.91 Å². The minimum atomic E-state index is -1.04. The third kappa shape index (κ3) is 2.95. The van der Waals surface area contributed by atoms with Gasteiger partial charge in [0.15, 0.2) is 0 Å². The number of nitrogens with zero attached hydrogens (tertiary/aromatic N) is 1. The van der Waals surface area contributed by atoms with E-state index >= 15 is 0 Å². The third-order valence-electron chi connectivity index (χ3n) is 3.93. The Hall–Kier alpha value is -2.37. The Balaban J connectivity index is 2.32. The predicted octanol–water partition coefficient (Wildman–Crippen LogP) is 1.50. The Morgan fingerprint density at radius 3 is 2.55 bits per heavy atom. The van der Waals surface area contributed by atoms with Gasteiger partial charge in [-0.3, -0.25) is 14.5 Å². The van der Waals surface area contributed by atoms with Gasteiger partial charge in [0.05, 0.1) is 0 Å². The highest BCUT2D eigenvalue weighted by atomic mass is 16.2. The molecule has 1 aliphatic heterocycles. The van der Waals surface area contributed by atoms with Crippen LogP contribution in [0.25, 0.3) is 0 Å². The van der Waals surface area contributed by atoms with Crippen molar-refractivity contribution in [2.75, 3.05) is 6.54 Å². The molecule has 6 nitrogen and oxygen atoms in total. The van der Waals surface area contributed by atoms with E-state index in [1.165, 1.54) is 0 Å². The molecule has 2 rings (SSSR count). The van der Waals surface area contributed by atoms with E-state index < -0.39 is 17.5 Å². The molecule has 1 fully saturated rings. The Morgan fingerprint density at radius 1 is 1.27 bits per heavy atom. The number of nitrogens with two attached hydrogens (primary N) is 1. The van der Waals surface area contributed by atoms with E-state index in [0.717, 1.165) is 23.3 Å². The van der Waals surface area contributed by atoms with E-state index in [2.05, 4.69) is 5.32 Å². The first-order valence-corrected chi connectivity index (χ1v) is 7.49. The molecule has 4 amide bonds. The van der Waals surface area contributed by atoms with Crippen molar-refractivity contribution in [3.63, 3.8) is 0 Å². The van der Waals surface area contributed by atoms with Crippen LogP contribution in [-0.2, 0) is 15.1 Å². The molecule has 1 aliphatic rings. The first-order chi connectivity index (χ1) is 10.5. The Bertz CT molecular complexity index is 573. The zero-order valence-corrected chi connectivity index (χ0v) is 12.7. The van der Waals surface area contributed by atoms with E-state index in [-0.39, 0.29) is 18.9 Å². The molecular weight excluding hydrogens is 282 g/mol. The van der Waals surface area contributed by atoms with Crippen molar-refractivity contribution >= 4 is 17.8 Å². The summed E-state index contributed by atoms with van der Waals surface area (Å²) in [7, 11) is 0. The SMILES string of the molecule is CCCCC1(c2ccccc2)NC(=O)N(CCC(N)=O)C1=O. The van der Waals surface area contributed by atoms with Crippen LogP contribution < -0.4 is 11.1 Å². The van der Waals surface area contributed by atoms with Gasteiger partial charge in [0.25, 0.3) is 5.91 Å². The Kier molecular flexibility index (Phi) is 4.80. The largest absolute Gasteiger partial charge is 0.370 e. The summed E-state index contributed by atoms with van der Waals surface area (Å²) in [5, 5.41) is 2.83. The molecule has 3 N–H and O–H groups in total. The van der Waals surface area contributed by atoms with Crippen LogP contribution >= 0.6 is 0 Å². The smallest absolute Gasteiger partial charge is 0.325 e. The lowest BCUT2D eigenvalue weighted by atomic mass is 9.85. The second-order valence-corrected chi connectivity index (χ2v) is 5.48. The van der Waals surface area contributed by atoms with Gasteiger partial charge >= 0.3 is 6.03 Å². The van der Waals surface area contributed by atoms with Gasteiger partial charge in [-0.25, -0.2) is 4.79 Å². The molecule has 118 valence electrons. The number of carbonyl (C=O) groups excluding carboxylic acids is 3. The number of carbonyl (C=O) groups is 3. The fourth-order valence-corrected chi connectivity index (χ4v) is 2.73. The maximum atomic E-state index is 12.8. The highest BCUT2D eigenvalue weighted by Gasteiger charge is 2.51. The van der Waals surface area contributed by atoms with Crippen LogP contribution in [0.4, 0.5) is 4.79 Å². The van der Waals surface area contributed by atoms with Crippen molar-refractivity contribution < 1.29 is 14.4 Å². The Labute approximate surface area is 129 Å². The summed E-state index contributed by atoms with van der Waals surface area (Å²) in [4.78, 5) is 37.1. The van der Waals surface area contributed by atoms with Crippen LogP contribution in [0.2, 0.25) is 0 Å². The average Bonchev–Trinajstić information content (AvgIpc) is 2.75. The number of unbranched alkanes of at least 4 members (excludes halogenated alkanes) is 1. The van der Waals surface area contributed by atoms with E-state index in [0.29, 0.717) is 6.42 Å². The van der Waals surface area contributed by atoms with Crippen molar-refractivity contribution in [3.8, 4) is 0 Å². The zero-order chi connectivity index (χ0) is 16.2. The molecule has 1 atom stereocenters.